The summed E-state index contributed by atoms with van der Waals surface area (Å²) in [6.07, 6.45) is 3.24. The number of morpholine rings is 1. The second-order valence-electron chi connectivity index (χ2n) is 7.03. The third-order valence-electron chi connectivity index (χ3n) is 5.07. The van der Waals surface area contributed by atoms with Crippen LogP contribution in [0.25, 0.3) is 0 Å². The van der Waals surface area contributed by atoms with Crippen LogP contribution in [0.1, 0.15) is 30.1 Å². The number of nitrogens with zero attached hydrogens (tertiary/aromatic N) is 3. The quantitative estimate of drug-likeness (QED) is 0.505. The molecule has 2 fully saturated rings. The first-order valence-electron chi connectivity index (χ1n) is 10.0. The molecule has 3 heterocycles. The highest BCUT2D eigenvalue weighted by atomic mass is 32.2. The molecule has 1 unspecified atom stereocenters. The molecule has 1 aromatic rings. The first-order valence-corrected chi connectivity index (χ1v) is 11.0. The fourth-order valence-electron chi connectivity index (χ4n) is 3.49. The largest absolute Gasteiger partial charge is 0.466 e. The van der Waals surface area contributed by atoms with Gasteiger partial charge in [0.05, 0.1) is 36.3 Å². The number of carbonyl (C=O) groups is 2. The summed E-state index contributed by atoms with van der Waals surface area (Å²) < 4.78 is 10.5. The van der Waals surface area contributed by atoms with Crippen molar-refractivity contribution < 1.29 is 19.1 Å². The van der Waals surface area contributed by atoms with Crippen LogP contribution in [0.5, 0.6) is 0 Å². The van der Waals surface area contributed by atoms with Gasteiger partial charge in [0.1, 0.15) is 0 Å². The summed E-state index contributed by atoms with van der Waals surface area (Å²) in [4.78, 5) is 33.3. The van der Waals surface area contributed by atoms with Crippen molar-refractivity contribution in [2.75, 3.05) is 58.3 Å². The molecule has 0 bridgehead atoms. The maximum Gasteiger partial charge on any atom is 0.310 e. The Labute approximate surface area is 170 Å². The summed E-state index contributed by atoms with van der Waals surface area (Å²) in [5, 5.41) is 0.924. The molecule has 1 aromatic heterocycles. The van der Waals surface area contributed by atoms with E-state index in [1.54, 1.807) is 29.8 Å². The Morgan fingerprint density at radius 1 is 1.29 bits per heavy atom. The highest BCUT2D eigenvalue weighted by Gasteiger charge is 2.29. The number of piperidine rings is 1. The first kappa shape index (κ1) is 21.1. The normalized spacial score (nSPS) is 20.8. The molecular weight excluding hydrogens is 378 g/mol. The molecule has 1 amide bonds. The summed E-state index contributed by atoms with van der Waals surface area (Å²) in [6.45, 7) is 7.89. The third-order valence-corrected chi connectivity index (χ3v) is 6.00. The topological polar surface area (TPSA) is 72.0 Å². The van der Waals surface area contributed by atoms with Crippen LogP contribution in [-0.2, 0) is 14.3 Å². The van der Waals surface area contributed by atoms with Gasteiger partial charge < -0.3 is 14.4 Å². The van der Waals surface area contributed by atoms with Crippen LogP contribution in [0, 0.1) is 5.92 Å². The van der Waals surface area contributed by atoms with Gasteiger partial charge in [0.25, 0.3) is 5.91 Å². The average Bonchev–Trinajstić information content (AvgIpc) is 2.75. The number of likely N-dealkylation sites (tertiary alicyclic amines) is 1. The molecule has 8 heteroatoms. The molecular formula is C20H29N3O4S. The van der Waals surface area contributed by atoms with E-state index in [2.05, 4.69) is 9.88 Å². The number of hydrogen-bond acceptors (Lipinski definition) is 7. The zero-order valence-corrected chi connectivity index (χ0v) is 17.3. The molecule has 0 aromatic carbocycles. The van der Waals surface area contributed by atoms with Crippen molar-refractivity contribution in [3.63, 3.8) is 0 Å². The molecule has 2 saturated heterocycles. The summed E-state index contributed by atoms with van der Waals surface area (Å²) in [5.41, 5.74) is 0.571. The van der Waals surface area contributed by atoms with Gasteiger partial charge in [0, 0.05) is 44.7 Å². The van der Waals surface area contributed by atoms with Crippen LogP contribution in [-0.4, -0.2) is 85.0 Å². The standard InChI is InChI=1S/C20H29N3O4S/c1-2-27-20(25)17-4-3-7-23(15-17)19(24)16-5-6-18(21-14-16)28-13-10-22-8-11-26-12-9-22/h5-6,14,17H,2-4,7-13,15H2,1H3. The van der Waals surface area contributed by atoms with E-state index in [0.29, 0.717) is 25.3 Å². The lowest BCUT2D eigenvalue weighted by Gasteiger charge is -2.31. The van der Waals surface area contributed by atoms with Crippen molar-refractivity contribution in [2.24, 2.45) is 5.92 Å². The average molecular weight is 408 g/mol. The second kappa shape index (κ2) is 10.8. The number of esters is 1. The minimum Gasteiger partial charge on any atom is -0.466 e. The van der Waals surface area contributed by atoms with Crippen LogP contribution in [0.15, 0.2) is 23.4 Å². The van der Waals surface area contributed by atoms with Gasteiger partial charge in [-0.25, -0.2) is 4.98 Å². The Morgan fingerprint density at radius 2 is 2.11 bits per heavy atom. The molecule has 0 spiro atoms. The first-order chi connectivity index (χ1) is 13.7. The van der Waals surface area contributed by atoms with Gasteiger partial charge in [-0.1, -0.05) is 0 Å². The molecule has 3 rings (SSSR count). The number of amides is 1. The summed E-state index contributed by atoms with van der Waals surface area (Å²) in [6, 6.07) is 3.74. The lowest BCUT2D eigenvalue weighted by molar-refractivity contribution is -0.149. The van der Waals surface area contributed by atoms with Gasteiger partial charge in [-0.2, -0.15) is 0 Å². The SMILES string of the molecule is CCOC(=O)C1CCCN(C(=O)c2ccc(SCCN3CCOCC3)nc2)C1. The predicted molar refractivity (Wildman–Crippen MR) is 107 cm³/mol. The zero-order valence-electron chi connectivity index (χ0n) is 16.5. The maximum absolute atomic E-state index is 12.8. The van der Waals surface area contributed by atoms with Gasteiger partial charge in [0.2, 0.25) is 0 Å². The van der Waals surface area contributed by atoms with Crippen LogP contribution < -0.4 is 0 Å². The van der Waals surface area contributed by atoms with E-state index < -0.39 is 0 Å². The number of rotatable bonds is 7. The molecule has 0 saturated carbocycles. The molecule has 28 heavy (non-hydrogen) atoms. The minimum absolute atomic E-state index is 0.0636. The number of carbonyl (C=O) groups excluding carboxylic acids is 2. The lowest BCUT2D eigenvalue weighted by atomic mass is 9.97. The van der Waals surface area contributed by atoms with Crippen molar-refractivity contribution in [1.82, 2.24) is 14.8 Å². The number of ether oxygens (including phenoxy) is 2. The zero-order chi connectivity index (χ0) is 19.8. The maximum atomic E-state index is 12.8. The molecule has 1 atom stereocenters. The third kappa shape index (κ3) is 5.93. The van der Waals surface area contributed by atoms with E-state index in [0.717, 1.165) is 56.5 Å². The lowest BCUT2D eigenvalue weighted by Crippen LogP contribution is -2.42. The smallest absolute Gasteiger partial charge is 0.310 e. The second-order valence-corrected chi connectivity index (χ2v) is 8.15. The van der Waals surface area contributed by atoms with Crippen molar-refractivity contribution in [2.45, 2.75) is 24.8 Å². The van der Waals surface area contributed by atoms with Crippen molar-refractivity contribution in [3.8, 4) is 0 Å². The fourth-order valence-corrected chi connectivity index (χ4v) is 4.34. The molecule has 2 aliphatic heterocycles. The molecule has 0 N–H and O–H groups in total. The van der Waals surface area contributed by atoms with Crippen molar-refractivity contribution in [3.05, 3.63) is 23.9 Å². The number of pyridine rings is 1. The summed E-state index contributed by atoms with van der Waals surface area (Å²) in [7, 11) is 0. The Balaban J connectivity index is 1.48. The summed E-state index contributed by atoms with van der Waals surface area (Å²) >= 11 is 1.70. The number of hydrogen-bond donors (Lipinski definition) is 0. The Kier molecular flexibility index (Phi) is 8.12. The summed E-state index contributed by atoms with van der Waals surface area (Å²) in [5.74, 6) is 0.477. The Morgan fingerprint density at radius 3 is 2.82 bits per heavy atom. The molecule has 0 radical (unpaired) electrons. The Hall–Kier alpha value is -1.64. The van der Waals surface area contributed by atoms with E-state index >= 15 is 0 Å². The minimum atomic E-state index is -0.222. The van der Waals surface area contributed by atoms with Crippen LogP contribution in [0.2, 0.25) is 0 Å². The molecule has 154 valence electrons. The van der Waals surface area contributed by atoms with Crippen LogP contribution >= 0.6 is 11.8 Å². The molecule has 7 nitrogen and oxygen atoms in total. The monoisotopic (exact) mass is 407 g/mol. The van der Waals surface area contributed by atoms with E-state index in [1.807, 2.05) is 12.1 Å². The molecule has 2 aliphatic rings. The Bertz CT molecular complexity index is 649. The van der Waals surface area contributed by atoms with E-state index in [4.69, 9.17) is 9.47 Å². The highest BCUT2D eigenvalue weighted by Crippen LogP contribution is 2.21. The van der Waals surface area contributed by atoms with Gasteiger partial charge in [-0.15, -0.1) is 11.8 Å². The number of thioether (sulfide) groups is 1. The van der Waals surface area contributed by atoms with Crippen molar-refractivity contribution >= 4 is 23.6 Å². The van der Waals surface area contributed by atoms with E-state index in [1.165, 1.54) is 0 Å². The van der Waals surface area contributed by atoms with Gasteiger partial charge in [-0.3, -0.25) is 14.5 Å². The van der Waals surface area contributed by atoms with Crippen molar-refractivity contribution in [1.29, 1.82) is 0 Å². The van der Waals surface area contributed by atoms with Gasteiger partial charge in [0.15, 0.2) is 0 Å². The van der Waals surface area contributed by atoms with E-state index in [9.17, 15) is 9.59 Å². The number of aromatic nitrogens is 1. The fraction of sp³-hybridized carbons (Fsp3) is 0.650. The molecule has 0 aliphatic carbocycles. The highest BCUT2D eigenvalue weighted by molar-refractivity contribution is 7.99. The predicted octanol–water partition coefficient (Wildman–Crippen LogP) is 1.92. The van der Waals surface area contributed by atoms with Gasteiger partial charge >= 0.3 is 5.97 Å². The van der Waals surface area contributed by atoms with Crippen LogP contribution in [0.3, 0.4) is 0 Å². The van der Waals surface area contributed by atoms with Gasteiger partial charge in [-0.05, 0) is 31.9 Å². The van der Waals surface area contributed by atoms with E-state index in [-0.39, 0.29) is 17.8 Å². The van der Waals surface area contributed by atoms with Crippen LogP contribution in [0.4, 0.5) is 0 Å².